The van der Waals surface area contributed by atoms with Crippen LogP contribution in [0.5, 0.6) is 0 Å². The molecule has 0 fully saturated rings. The molecule has 7 heteroatoms. The standard InChI is InChI=1S/C21H22FN3O3/c1-4-14(3)23-19(26)12-24-18-10-5-13(2)11-17(18)20(27)25(21(24)28)16-8-6-15(22)7-9-16/h5-11,14H,4,12H2,1-3H3,(H,23,26). The van der Waals surface area contributed by atoms with Gasteiger partial charge in [-0.2, -0.15) is 0 Å². The van der Waals surface area contributed by atoms with E-state index in [1.54, 1.807) is 18.2 Å². The molecule has 0 radical (unpaired) electrons. The van der Waals surface area contributed by atoms with Gasteiger partial charge < -0.3 is 5.32 Å². The summed E-state index contributed by atoms with van der Waals surface area (Å²) in [4.78, 5) is 38.5. The molecule has 0 aliphatic rings. The quantitative estimate of drug-likeness (QED) is 0.736. The predicted octanol–water partition coefficient (Wildman–Crippen LogP) is 2.51. The van der Waals surface area contributed by atoms with Crippen LogP contribution in [0.15, 0.2) is 52.1 Å². The smallest absolute Gasteiger partial charge is 0.336 e. The van der Waals surface area contributed by atoms with Gasteiger partial charge in [-0.05, 0) is 56.7 Å². The van der Waals surface area contributed by atoms with Crippen LogP contribution >= 0.6 is 0 Å². The highest BCUT2D eigenvalue weighted by molar-refractivity contribution is 5.82. The lowest BCUT2D eigenvalue weighted by atomic mass is 10.1. The molecule has 28 heavy (non-hydrogen) atoms. The van der Waals surface area contributed by atoms with Gasteiger partial charge in [0.25, 0.3) is 5.56 Å². The fourth-order valence-corrected chi connectivity index (χ4v) is 3.02. The number of hydrogen-bond donors (Lipinski definition) is 1. The zero-order valence-electron chi connectivity index (χ0n) is 16.0. The summed E-state index contributed by atoms with van der Waals surface area (Å²) in [5.74, 6) is -0.788. The molecule has 1 amide bonds. The Kier molecular flexibility index (Phi) is 5.44. The van der Waals surface area contributed by atoms with E-state index in [0.717, 1.165) is 16.6 Å². The molecule has 146 valence electrons. The Morgan fingerprint density at radius 2 is 1.82 bits per heavy atom. The van der Waals surface area contributed by atoms with Crippen LogP contribution in [0.3, 0.4) is 0 Å². The molecule has 2 aromatic carbocycles. The largest absolute Gasteiger partial charge is 0.352 e. The molecule has 3 aromatic rings. The van der Waals surface area contributed by atoms with Crippen molar-refractivity contribution in [3.8, 4) is 5.69 Å². The zero-order valence-corrected chi connectivity index (χ0v) is 16.0. The number of benzene rings is 2. The number of halogens is 1. The van der Waals surface area contributed by atoms with E-state index in [0.29, 0.717) is 10.9 Å². The van der Waals surface area contributed by atoms with Crippen molar-refractivity contribution in [2.24, 2.45) is 0 Å². The number of amides is 1. The minimum Gasteiger partial charge on any atom is -0.352 e. The molecular weight excluding hydrogens is 361 g/mol. The van der Waals surface area contributed by atoms with Gasteiger partial charge in [0.15, 0.2) is 0 Å². The Hall–Kier alpha value is -3.22. The first-order chi connectivity index (χ1) is 13.3. The summed E-state index contributed by atoms with van der Waals surface area (Å²) in [5, 5.41) is 3.15. The maximum absolute atomic E-state index is 13.3. The lowest BCUT2D eigenvalue weighted by molar-refractivity contribution is -0.122. The molecule has 0 saturated heterocycles. The molecule has 0 bridgehead atoms. The molecule has 0 spiro atoms. The average Bonchev–Trinajstić information content (AvgIpc) is 2.66. The molecular formula is C21H22FN3O3. The number of nitrogens with one attached hydrogen (secondary N) is 1. The third-order valence-corrected chi connectivity index (χ3v) is 4.70. The number of carbonyl (C=O) groups is 1. The Balaban J connectivity index is 2.24. The molecule has 0 aliphatic carbocycles. The summed E-state index contributed by atoms with van der Waals surface area (Å²) in [6, 6.07) is 10.2. The number of nitrogens with zero attached hydrogens (tertiary/aromatic N) is 2. The van der Waals surface area contributed by atoms with E-state index in [9.17, 15) is 18.8 Å². The third kappa shape index (κ3) is 3.74. The van der Waals surface area contributed by atoms with Crippen LogP contribution in [0.1, 0.15) is 25.8 Å². The van der Waals surface area contributed by atoms with Crippen molar-refractivity contribution in [3.63, 3.8) is 0 Å². The highest BCUT2D eigenvalue weighted by Crippen LogP contribution is 2.13. The summed E-state index contributed by atoms with van der Waals surface area (Å²) >= 11 is 0. The molecule has 0 saturated carbocycles. The van der Waals surface area contributed by atoms with Gasteiger partial charge in [-0.1, -0.05) is 18.6 Å². The second kappa shape index (κ2) is 7.80. The lowest BCUT2D eigenvalue weighted by Gasteiger charge is -2.16. The van der Waals surface area contributed by atoms with Crippen molar-refractivity contribution < 1.29 is 9.18 Å². The van der Waals surface area contributed by atoms with E-state index in [1.165, 1.54) is 28.8 Å². The number of fused-ring (bicyclic) bond motifs is 1. The lowest BCUT2D eigenvalue weighted by Crippen LogP contribution is -2.43. The van der Waals surface area contributed by atoms with Crippen LogP contribution in [0.25, 0.3) is 16.6 Å². The van der Waals surface area contributed by atoms with Gasteiger partial charge in [-0.25, -0.2) is 13.8 Å². The minimum absolute atomic E-state index is 0.0280. The molecule has 1 heterocycles. The molecule has 0 aliphatic heterocycles. The summed E-state index contributed by atoms with van der Waals surface area (Å²) < 4.78 is 15.5. The Bertz CT molecular complexity index is 1150. The summed E-state index contributed by atoms with van der Waals surface area (Å²) in [7, 11) is 0. The molecule has 6 nitrogen and oxygen atoms in total. The van der Waals surface area contributed by atoms with Crippen LogP contribution < -0.4 is 16.6 Å². The summed E-state index contributed by atoms with van der Waals surface area (Å²) in [6.45, 7) is 5.45. The van der Waals surface area contributed by atoms with Crippen molar-refractivity contribution in [1.29, 1.82) is 0 Å². The zero-order chi connectivity index (χ0) is 20.4. The van der Waals surface area contributed by atoms with Gasteiger partial charge >= 0.3 is 5.69 Å². The van der Waals surface area contributed by atoms with E-state index >= 15 is 0 Å². The van der Waals surface area contributed by atoms with Crippen LogP contribution in [-0.2, 0) is 11.3 Å². The van der Waals surface area contributed by atoms with E-state index in [-0.39, 0.29) is 24.2 Å². The minimum atomic E-state index is -0.646. The molecule has 1 N–H and O–H groups in total. The number of rotatable bonds is 5. The van der Waals surface area contributed by atoms with Crippen LogP contribution in [-0.4, -0.2) is 21.1 Å². The van der Waals surface area contributed by atoms with Gasteiger partial charge in [-0.15, -0.1) is 0 Å². The topological polar surface area (TPSA) is 73.1 Å². The first kappa shape index (κ1) is 19.5. The number of aromatic nitrogens is 2. The predicted molar refractivity (Wildman–Crippen MR) is 106 cm³/mol. The van der Waals surface area contributed by atoms with Gasteiger partial charge in [0.05, 0.1) is 16.6 Å². The SMILES string of the molecule is CCC(C)NC(=O)Cn1c(=O)n(-c2ccc(F)cc2)c(=O)c2cc(C)ccc21. The highest BCUT2D eigenvalue weighted by Gasteiger charge is 2.17. The Morgan fingerprint density at radius 3 is 2.46 bits per heavy atom. The molecule has 1 unspecified atom stereocenters. The first-order valence-corrected chi connectivity index (χ1v) is 9.13. The second-order valence-electron chi connectivity index (χ2n) is 6.88. The molecule has 1 atom stereocenters. The second-order valence-corrected chi connectivity index (χ2v) is 6.88. The Labute approximate surface area is 161 Å². The van der Waals surface area contributed by atoms with Gasteiger partial charge in [-0.3, -0.25) is 14.2 Å². The maximum Gasteiger partial charge on any atom is 0.336 e. The highest BCUT2D eigenvalue weighted by atomic mass is 19.1. The summed E-state index contributed by atoms with van der Waals surface area (Å²) in [6.07, 6.45) is 0.760. The number of hydrogen-bond acceptors (Lipinski definition) is 3. The van der Waals surface area contributed by atoms with Crippen LogP contribution in [0.2, 0.25) is 0 Å². The normalized spacial score (nSPS) is 12.1. The van der Waals surface area contributed by atoms with Crippen molar-refractivity contribution in [3.05, 3.63) is 74.7 Å². The Morgan fingerprint density at radius 1 is 1.14 bits per heavy atom. The van der Waals surface area contributed by atoms with Gasteiger partial charge in [0.2, 0.25) is 5.91 Å². The van der Waals surface area contributed by atoms with Gasteiger partial charge in [0.1, 0.15) is 12.4 Å². The van der Waals surface area contributed by atoms with Crippen LogP contribution in [0.4, 0.5) is 4.39 Å². The van der Waals surface area contributed by atoms with Gasteiger partial charge in [0, 0.05) is 6.04 Å². The van der Waals surface area contributed by atoms with E-state index < -0.39 is 17.1 Å². The molecule has 1 aromatic heterocycles. The third-order valence-electron chi connectivity index (χ3n) is 4.70. The van der Waals surface area contributed by atoms with E-state index in [1.807, 2.05) is 20.8 Å². The maximum atomic E-state index is 13.3. The van der Waals surface area contributed by atoms with Crippen molar-refractivity contribution >= 4 is 16.8 Å². The number of aryl methyl sites for hydroxylation is 1. The average molecular weight is 383 g/mol. The fraction of sp³-hybridized carbons (Fsp3) is 0.286. The fourth-order valence-electron chi connectivity index (χ4n) is 3.02. The van der Waals surface area contributed by atoms with Crippen LogP contribution in [0, 0.1) is 12.7 Å². The van der Waals surface area contributed by atoms with Crippen molar-refractivity contribution in [1.82, 2.24) is 14.5 Å². The number of carbonyl (C=O) groups excluding carboxylic acids is 1. The summed E-state index contributed by atoms with van der Waals surface area (Å²) in [5.41, 5.74) is 0.333. The van der Waals surface area contributed by atoms with E-state index in [4.69, 9.17) is 0 Å². The van der Waals surface area contributed by atoms with Crippen molar-refractivity contribution in [2.75, 3.05) is 0 Å². The van der Waals surface area contributed by atoms with Crippen molar-refractivity contribution in [2.45, 2.75) is 39.8 Å². The first-order valence-electron chi connectivity index (χ1n) is 9.13. The molecule has 3 rings (SSSR count). The van der Waals surface area contributed by atoms with E-state index in [2.05, 4.69) is 5.32 Å². The monoisotopic (exact) mass is 383 g/mol.